The highest BCUT2D eigenvalue weighted by atomic mass is 16.7. The summed E-state index contributed by atoms with van der Waals surface area (Å²) in [5.41, 5.74) is -0.874. The van der Waals surface area contributed by atoms with E-state index >= 15 is 0 Å². The van der Waals surface area contributed by atoms with E-state index in [-0.39, 0.29) is 96.7 Å². The highest BCUT2D eigenvalue weighted by Gasteiger charge is 2.32. The van der Waals surface area contributed by atoms with Crippen LogP contribution in [0, 0.1) is 37.0 Å². The fourth-order valence-corrected chi connectivity index (χ4v) is 3.44. The monoisotopic (exact) mass is 859 g/mol. The summed E-state index contributed by atoms with van der Waals surface area (Å²) in [6, 6.07) is 0. The van der Waals surface area contributed by atoms with Crippen molar-refractivity contribution in [3.8, 4) is 37.0 Å². The van der Waals surface area contributed by atoms with Crippen molar-refractivity contribution in [3.63, 3.8) is 0 Å². The molecule has 0 aromatic rings. The van der Waals surface area contributed by atoms with E-state index in [2.05, 4.69) is 22.6 Å². The number of hydrogen-bond donors (Lipinski definition) is 2. The molecule has 2 N–H and O–H groups in total. The molecule has 2 amide bonds. The third-order valence-electron chi connectivity index (χ3n) is 5.76. The van der Waals surface area contributed by atoms with Crippen molar-refractivity contribution in [2.75, 3.05) is 99.1 Å². The molecular weight excluding hydrogens is 794 g/mol. The molecule has 19 heteroatoms. The van der Waals surface area contributed by atoms with Gasteiger partial charge in [-0.05, 0) is 41.5 Å². The number of esters is 2. The fraction of sp³-hybridized carbons (Fsp3) is 0.707. The van der Waals surface area contributed by atoms with Crippen LogP contribution in [0.4, 0.5) is 0 Å². The Labute approximate surface area is 354 Å². The van der Waals surface area contributed by atoms with Gasteiger partial charge in [0, 0.05) is 12.8 Å². The van der Waals surface area contributed by atoms with Gasteiger partial charge in [-0.25, -0.2) is 4.79 Å². The molecule has 0 aromatic heterocycles. The summed E-state index contributed by atoms with van der Waals surface area (Å²) in [5, 5.41) is 17.1. The number of aliphatic carboxylic acids is 1. The maximum absolute atomic E-state index is 11.3. The second-order valence-corrected chi connectivity index (χ2v) is 13.6. The van der Waals surface area contributed by atoms with Crippen LogP contribution in [0.15, 0.2) is 0 Å². The lowest BCUT2D eigenvalue weighted by Gasteiger charge is -2.19. The van der Waals surface area contributed by atoms with Crippen LogP contribution in [0.1, 0.15) is 80.1 Å². The maximum Gasteiger partial charge on any atom is 0.335 e. The topological polar surface area (TPSA) is 238 Å². The van der Waals surface area contributed by atoms with E-state index in [1.165, 1.54) is 0 Å². The number of terminal acetylenes is 3. The summed E-state index contributed by atoms with van der Waals surface area (Å²) in [7, 11) is 0. The molecule has 19 nitrogen and oxygen atoms in total. The molecule has 0 saturated carbocycles. The van der Waals surface area contributed by atoms with Crippen molar-refractivity contribution >= 4 is 35.7 Å². The van der Waals surface area contributed by atoms with Gasteiger partial charge >= 0.3 is 23.9 Å². The third kappa shape index (κ3) is 47.8. The largest absolute Gasteiger partial charge is 0.481 e. The smallest absolute Gasteiger partial charge is 0.335 e. The molecule has 342 valence electrons. The van der Waals surface area contributed by atoms with Crippen LogP contribution < -0.4 is 0 Å². The van der Waals surface area contributed by atoms with Crippen LogP contribution in [-0.2, 0) is 76.2 Å². The van der Waals surface area contributed by atoms with Crippen molar-refractivity contribution in [1.82, 2.24) is 5.06 Å². The predicted octanol–water partition coefficient (Wildman–Crippen LogP) is 1.89. The molecule has 0 spiro atoms. The summed E-state index contributed by atoms with van der Waals surface area (Å²) in [6.45, 7) is 15.3. The Hall–Kier alpha value is -4.62. The lowest BCUT2D eigenvalue weighted by atomic mass is 10.2. The number of aliphatic hydroxyl groups is 1. The highest BCUT2D eigenvalue weighted by Crippen LogP contribution is 2.12. The highest BCUT2D eigenvalue weighted by molar-refractivity contribution is 6.01. The van der Waals surface area contributed by atoms with E-state index < -0.39 is 35.0 Å². The summed E-state index contributed by atoms with van der Waals surface area (Å²) < 4.78 is 45.1. The number of carbonyl (C=O) groups excluding carboxylic acids is 5. The molecule has 0 aromatic carbocycles. The Balaban J connectivity index is -0.000000735. The Kier molecular flexibility index (Phi) is 39.6. The molecule has 1 heterocycles. The normalized spacial score (nSPS) is 11.8. The Morgan fingerprint density at radius 2 is 0.850 bits per heavy atom. The van der Waals surface area contributed by atoms with Crippen LogP contribution in [-0.4, -0.2) is 161 Å². The number of aliphatic hydroxyl groups excluding tert-OH is 1. The molecular formula is C41H65NO18. The Bertz CT molecular complexity index is 1300. The van der Waals surface area contributed by atoms with E-state index in [1.807, 2.05) is 41.5 Å². The molecule has 1 rings (SSSR count). The molecule has 1 aliphatic heterocycles. The predicted molar refractivity (Wildman–Crippen MR) is 214 cm³/mol. The van der Waals surface area contributed by atoms with Crippen molar-refractivity contribution in [2.24, 2.45) is 0 Å². The van der Waals surface area contributed by atoms with Crippen LogP contribution in [0.25, 0.3) is 0 Å². The number of hydroxylamine groups is 2. The van der Waals surface area contributed by atoms with Crippen LogP contribution >= 0.6 is 0 Å². The SMILES string of the molecule is C#CCOCCOCCC(=O)O.C#CCOCCOCCC(=O)OC(C)(C)C.C#CCOCCOCCC(=O)ON1C(=O)CCC1=O.CC(C)(C)OC(=O)CCOCCO. The first-order valence-corrected chi connectivity index (χ1v) is 19.0. The summed E-state index contributed by atoms with van der Waals surface area (Å²) in [4.78, 5) is 70.6. The van der Waals surface area contributed by atoms with E-state index in [4.69, 9.17) is 72.1 Å². The summed E-state index contributed by atoms with van der Waals surface area (Å²) in [5.74, 6) is 3.89. The van der Waals surface area contributed by atoms with Gasteiger partial charge in [-0.15, -0.1) is 24.3 Å². The van der Waals surface area contributed by atoms with Crippen molar-refractivity contribution in [2.45, 2.75) is 91.3 Å². The van der Waals surface area contributed by atoms with Crippen LogP contribution in [0.5, 0.6) is 0 Å². The Morgan fingerprint density at radius 1 is 0.533 bits per heavy atom. The van der Waals surface area contributed by atoms with Gasteiger partial charge in [-0.1, -0.05) is 17.8 Å². The maximum atomic E-state index is 11.3. The number of rotatable bonds is 27. The first-order chi connectivity index (χ1) is 28.3. The van der Waals surface area contributed by atoms with E-state index in [9.17, 15) is 28.8 Å². The fourth-order valence-electron chi connectivity index (χ4n) is 3.44. The first kappa shape index (κ1) is 59.7. The molecule has 0 radical (unpaired) electrons. The van der Waals surface area contributed by atoms with Crippen LogP contribution in [0.3, 0.4) is 0 Å². The van der Waals surface area contributed by atoms with Crippen LogP contribution in [0.2, 0.25) is 0 Å². The summed E-state index contributed by atoms with van der Waals surface area (Å²) in [6.07, 6.45) is 15.5. The number of carboxylic acid groups (broad SMARTS) is 1. The van der Waals surface area contributed by atoms with E-state index in [1.54, 1.807) is 0 Å². The average molecular weight is 860 g/mol. The molecule has 1 saturated heterocycles. The number of imide groups is 1. The molecule has 1 fully saturated rings. The summed E-state index contributed by atoms with van der Waals surface area (Å²) >= 11 is 0. The molecule has 0 unspecified atom stereocenters. The molecule has 1 aliphatic rings. The minimum atomic E-state index is -0.862. The molecule has 0 aliphatic carbocycles. The second-order valence-electron chi connectivity index (χ2n) is 13.6. The lowest BCUT2D eigenvalue weighted by Crippen LogP contribution is -2.32. The molecule has 0 bridgehead atoms. The number of hydrogen-bond acceptors (Lipinski definition) is 17. The van der Waals surface area contributed by atoms with Gasteiger partial charge in [0.25, 0.3) is 11.8 Å². The van der Waals surface area contributed by atoms with Gasteiger partial charge in [0.15, 0.2) is 0 Å². The van der Waals surface area contributed by atoms with Gasteiger partial charge in [0.2, 0.25) is 0 Å². The number of carbonyl (C=O) groups is 6. The minimum absolute atomic E-state index is 0.0195. The number of ether oxygens (including phenoxy) is 9. The molecule has 60 heavy (non-hydrogen) atoms. The second kappa shape index (κ2) is 39.8. The van der Waals surface area contributed by atoms with E-state index in [0.29, 0.717) is 57.9 Å². The number of amides is 2. The van der Waals surface area contributed by atoms with Crippen molar-refractivity contribution in [1.29, 1.82) is 0 Å². The Morgan fingerprint density at radius 3 is 1.17 bits per heavy atom. The van der Waals surface area contributed by atoms with E-state index in [0.717, 1.165) is 0 Å². The number of nitrogens with zero attached hydrogens (tertiary/aromatic N) is 1. The zero-order valence-electron chi connectivity index (χ0n) is 36.0. The molecule has 0 atom stereocenters. The number of carboxylic acids is 1. The van der Waals surface area contributed by atoms with Gasteiger partial charge < -0.3 is 57.7 Å². The van der Waals surface area contributed by atoms with Gasteiger partial charge in [0.1, 0.15) is 31.0 Å². The van der Waals surface area contributed by atoms with Crippen molar-refractivity contribution < 1.29 is 86.4 Å². The minimum Gasteiger partial charge on any atom is -0.481 e. The quantitative estimate of drug-likeness (QED) is 0.0519. The zero-order chi connectivity index (χ0) is 46.1. The average Bonchev–Trinajstić information content (AvgIpc) is 3.47. The van der Waals surface area contributed by atoms with Gasteiger partial charge in [-0.2, -0.15) is 0 Å². The zero-order valence-corrected chi connectivity index (χ0v) is 36.0. The standard InChI is InChI=1S/C12H15NO6.C12H20O4.C9H18O4.C8H12O4/c1-2-6-17-8-9-18-7-5-12(16)19-13-10(14)3-4-11(13)15;1-5-7-14-9-10-15-8-6-11(13)16-12(2,3)4;1-9(2,3)13-8(11)4-6-12-7-5-10;1-2-4-11-6-7-12-5-3-8(9)10/h1H,3-9H2;1H,6-10H2,2-4H3;10H,4-7H2,1-3H3;1H,3-7H2,(H,9,10). The third-order valence-corrected chi connectivity index (χ3v) is 5.76. The van der Waals surface area contributed by atoms with Gasteiger partial charge in [0.05, 0.1) is 105 Å². The first-order valence-electron chi connectivity index (χ1n) is 19.0. The lowest BCUT2D eigenvalue weighted by molar-refractivity contribution is -0.198. The van der Waals surface area contributed by atoms with Gasteiger partial charge in [-0.3, -0.25) is 24.0 Å². The van der Waals surface area contributed by atoms with Crippen molar-refractivity contribution in [3.05, 3.63) is 0 Å².